The fraction of sp³-hybridized carbons (Fsp3) is 0.357. The Kier molecular flexibility index (Phi) is 3.48. The summed E-state index contributed by atoms with van der Waals surface area (Å²) in [7, 11) is 0. The first-order valence-corrected chi connectivity index (χ1v) is 6.68. The van der Waals surface area contributed by atoms with Gasteiger partial charge in [0.2, 0.25) is 0 Å². The lowest BCUT2D eigenvalue weighted by Gasteiger charge is -2.05. The lowest BCUT2D eigenvalue weighted by molar-refractivity contribution is 0.820. The van der Waals surface area contributed by atoms with Crippen LogP contribution in [-0.4, -0.2) is 4.98 Å². The number of anilines is 1. The molecule has 0 unspecified atom stereocenters. The number of aryl methyl sites for hydroxylation is 1. The molecule has 0 saturated heterocycles. The molecule has 2 rings (SSSR count). The van der Waals surface area contributed by atoms with Crippen molar-refractivity contribution in [3.05, 3.63) is 46.0 Å². The maximum absolute atomic E-state index is 5.81. The predicted molar refractivity (Wildman–Crippen MR) is 74.6 cm³/mol. The zero-order valence-corrected chi connectivity index (χ0v) is 11.3. The van der Waals surface area contributed by atoms with Crippen molar-refractivity contribution in [3.8, 4) is 0 Å². The van der Waals surface area contributed by atoms with E-state index >= 15 is 0 Å². The minimum atomic E-state index is 0.434. The van der Waals surface area contributed by atoms with E-state index < -0.39 is 0 Å². The Balaban J connectivity index is 2.29. The maximum atomic E-state index is 5.81. The molecular weight excluding hydrogens is 228 g/mol. The Labute approximate surface area is 107 Å². The molecule has 0 amide bonds. The smallest absolute Gasteiger partial charge is 0.180 e. The van der Waals surface area contributed by atoms with E-state index in [-0.39, 0.29) is 0 Å². The zero-order valence-electron chi connectivity index (χ0n) is 10.5. The third-order valence-corrected chi connectivity index (χ3v) is 3.64. The molecule has 0 aliphatic heterocycles. The van der Waals surface area contributed by atoms with Crippen LogP contribution in [0.2, 0.25) is 0 Å². The largest absolute Gasteiger partial charge is 0.375 e. The Hall–Kier alpha value is -1.35. The van der Waals surface area contributed by atoms with E-state index in [1.165, 1.54) is 16.0 Å². The Morgan fingerprint density at radius 3 is 2.76 bits per heavy atom. The summed E-state index contributed by atoms with van der Waals surface area (Å²) in [5.74, 6) is 0.434. The minimum absolute atomic E-state index is 0.434. The number of nitrogens with zero attached hydrogens (tertiary/aromatic N) is 1. The van der Waals surface area contributed by atoms with Crippen molar-refractivity contribution in [1.29, 1.82) is 0 Å². The van der Waals surface area contributed by atoms with Gasteiger partial charge in [0.15, 0.2) is 5.13 Å². The number of rotatable bonds is 3. The summed E-state index contributed by atoms with van der Waals surface area (Å²) in [6.45, 7) is 6.44. The Bertz CT molecular complexity index is 515. The van der Waals surface area contributed by atoms with Crippen LogP contribution in [0.15, 0.2) is 24.3 Å². The van der Waals surface area contributed by atoms with Crippen molar-refractivity contribution in [2.75, 3.05) is 5.73 Å². The van der Waals surface area contributed by atoms with Gasteiger partial charge in [-0.1, -0.05) is 43.7 Å². The highest BCUT2D eigenvalue weighted by molar-refractivity contribution is 7.15. The molecule has 1 heterocycles. The Morgan fingerprint density at radius 1 is 1.35 bits per heavy atom. The standard InChI is InChI=1S/C14H18N2S/c1-9(2)13-12(17-14(15)16-13)8-11-6-4-5-10(3)7-11/h4-7,9H,8H2,1-3H3,(H2,15,16). The summed E-state index contributed by atoms with van der Waals surface area (Å²) in [5.41, 5.74) is 9.58. The molecule has 3 heteroatoms. The van der Waals surface area contributed by atoms with Crippen molar-refractivity contribution in [2.24, 2.45) is 0 Å². The van der Waals surface area contributed by atoms with Gasteiger partial charge in [-0.2, -0.15) is 0 Å². The second kappa shape index (κ2) is 4.88. The van der Waals surface area contributed by atoms with Gasteiger partial charge in [0.05, 0.1) is 5.69 Å². The predicted octanol–water partition coefficient (Wildman–Crippen LogP) is 3.75. The van der Waals surface area contributed by atoms with Crippen LogP contribution < -0.4 is 5.73 Å². The van der Waals surface area contributed by atoms with Crippen LogP contribution in [-0.2, 0) is 6.42 Å². The molecule has 1 aromatic heterocycles. The molecule has 0 aliphatic rings. The molecule has 2 N–H and O–H groups in total. The number of nitrogen functional groups attached to an aromatic ring is 1. The van der Waals surface area contributed by atoms with E-state index in [4.69, 9.17) is 5.73 Å². The van der Waals surface area contributed by atoms with Crippen LogP contribution in [0.4, 0.5) is 5.13 Å². The summed E-state index contributed by atoms with van der Waals surface area (Å²) in [5, 5.41) is 0.677. The van der Waals surface area contributed by atoms with Gasteiger partial charge < -0.3 is 5.73 Å². The first-order chi connectivity index (χ1) is 8.06. The molecule has 0 saturated carbocycles. The highest BCUT2D eigenvalue weighted by Gasteiger charge is 2.13. The van der Waals surface area contributed by atoms with Crippen LogP contribution in [0.25, 0.3) is 0 Å². The molecule has 0 aliphatic carbocycles. The first kappa shape index (κ1) is 12.1. The summed E-state index contributed by atoms with van der Waals surface area (Å²) >= 11 is 1.61. The topological polar surface area (TPSA) is 38.9 Å². The minimum Gasteiger partial charge on any atom is -0.375 e. The average molecular weight is 246 g/mol. The molecule has 0 bridgehead atoms. The van der Waals surface area contributed by atoms with Crippen LogP contribution in [0.5, 0.6) is 0 Å². The summed E-state index contributed by atoms with van der Waals surface area (Å²) in [6, 6.07) is 8.60. The van der Waals surface area contributed by atoms with E-state index in [1.54, 1.807) is 11.3 Å². The molecule has 2 aromatic rings. The van der Waals surface area contributed by atoms with E-state index in [0.29, 0.717) is 11.0 Å². The van der Waals surface area contributed by atoms with E-state index in [0.717, 1.165) is 12.1 Å². The van der Waals surface area contributed by atoms with Crippen molar-refractivity contribution in [2.45, 2.75) is 33.1 Å². The molecule has 90 valence electrons. The van der Waals surface area contributed by atoms with Crippen LogP contribution in [0.1, 0.15) is 41.5 Å². The number of hydrogen-bond donors (Lipinski definition) is 1. The fourth-order valence-electron chi connectivity index (χ4n) is 1.97. The lowest BCUT2D eigenvalue weighted by Crippen LogP contribution is -1.95. The van der Waals surface area contributed by atoms with E-state index in [9.17, 15) is 0 Å². The number of nitrogens with two attached hydrogens (primary N) is 1. The molecule has 0 fully saturated rings. The number of hydrogen-bond acceptors (Lipinski definition) is 3. The van der Waals surface area contributed by atoms with Crippen molar-refractivity contribution in [3.63, 3.8) is 0 Å². The summed E-state index contributed by atoms with van der Waals surface area (Å²) in [4.78, 5) is 5.72. The van der Waals surface area contributed by atoms with Gasteiger partial charge in [0.1, 0.15) is 0 Å². The second-order valence-electron chi connectivity index (χ2n) is 4.68. The quantitative estimate of drug-likeness (QED) is 0.895. The summed E-state index contributed by atoms with van der Waals surface area (Å²) in [6.07, 6.45) is 0.935. The molecule has 1 aromatic carbocycles. The molecule has 17 heavy (non-hydrogen) atoms. The highest BCUT2D eigenvalue weighted by atomic mass is 32.1. The van der Waals surface area contributed by atoms with Gasteiger partial charge in [0.25, 0.3) is 0 Å². The Morgan fingerprint density at radius 2 is 2.12 bits per heavy atom. The molecule has 0 atom stereocenters. The second-order valence-corrected chi connectivity index (χ2v) is 5.80. The number of benzene rings is 1. The highest BCUT2D eigenvalue weighted by Crippen LogP contribution is 2.28. The van der Waals surface area contributed by atoms with Gasteiger partial charge >= 0.3 is 0 Å². The number of thiazole rings is 1. The maximum Gasteiger partial charge on any atom is 0.180 e. The van der Waals surface area contributed by atoms with Crippen LogP contribution in [0, 0.1) is 6.92 Å². The zero-order chi connectivity index (χ0) is 12.4. The molecule has 2 nitrogen and oxygen atoms in total. The first-order valence-electron chi connectivity index (χ1n) is 5.87. The number of aromatic nitrogens is 1. The SMILES string of the molecule is Cc1cccc(Cc2sc(N)nc2C(C)C)c1. The van der Waals surface area contributed by atoms with Gasteiger partial charge in [-0.3, -0.25) is 0 Å². The van der Waals surface area contributed by atoms with Crippen molar-refractivity contribution < 1.29 is 0 Å². The van der Waals surface area contributed by atoms with E-state index in [2.05, 4.69) is 50.0 Å². The third-order valence-electron chi connectivity index (χ3n) is 2.74. The van der Waals surface area contributed by atoms with Crippen LogP contribution >= 0.6 is 11.3 Å². The monoisotopic (exact) mass is 246 g/mol. The van der Waals surface area contributed by atoms with Gasteiger partial charge in [-0.25, -0.2) is 4.98 Å². The van der Waals surface area contributed by atoms with E-state index in [1.807, 2.05) is 0 Å². The van der Waals surface area contributed by atoms with Gasteiger partial charge in [-0.05, 0) is 18.4 Å². The molecule has 0 radical (unpaired) electrons. The summed E-state index contributed by atoms with van der Waals surface area (Å²) < 4.78 is 0. The average Bonchev–Trinajstić information content (AvgIpc) is 2.59. The normalized spacial score (nSPS) is 11.1. The molecule has 0 spiro atoms. The van der Waals surface area contributed by atoms with Gasteiger partial charge in [-0.15, -0.1) is 11.3 Å². The fourth-order valence-corrected chi connectivity index (χ4v) is 2.99. The van der Waals surface area contributed by atoms with Crippen molar-refractivity contribution >= 4 is 16.5 Å². The van der Waals surface area contributed by atoms with Crippen molar-refractivity contribution in [1.82, 2.24) is 4.98 Å². The molecular formula is C14H18N2S. The lowest BCUT2D eigenvalue weighted by atomic mass is 10.0. The van der Waals surface area contributed by atoms with Crippen LogP contribution in [0.3, 0.4) is 0 Å². The third kappa shape index (κ3) is 2.86. The van der Waals surface area contributed by atoms with Gasteiger partial charge in [0, 0.05) is 11.3 Å².